The van der Waals surface area contributed by atoms with E-state index in [0.29, 0.717) is 17.7 Å². The Hall–Kier alpha value is -1.85. The molecule has 1 saturated carbocycles. The van der Waals surface area contributed by atoms with Gasteiger partial charge in [-0.1, -0.05) is 12.8 Å². The first-order valence-corrected chi connectivity index (χ1v) is 5.73. The summed E-state index contributed by atoms with van der Waals surface area (Å²) >= 11 is 0. The van der Waals surface area contributed by atoms with Crippen LogP contribution in [0.3, 0.4) is 0 Å². The van der Waals surface area contributed by atoms with Crippen molar-refractivity contribution in [1.82, 2.24) is 4.98 Å². The highest BCUT2D eigenvalue weighted by atomic mass is 16.6. The topological polar surface area (TPSA) is 85.3 Å². The van der Waals surface area contributed by atoms with Crippen LogP contribution in [0.2, 0.25) is 0 Å². The molecule has 17 heavy (non-hydrogen) atoms. The van der Waals surface area contributed by atoms with Gasteiger partial charge in [-0.25, -0.2) is 4.98 Å². The molecule has 0 aliphatic heterocycles. The minimum atomic E-state index is -0.409. The fourth-order valence-electron chi connectivity index (χ4n) is 2.32. The van der Waals surface area contributed by atoms with E-state index in [1.807, 2.05) is 11.9 Å². The lowest BCUT2D eigenvalue weighted by atomic mass is 10.2. The maximum Gasteiger partial charge on any atom is 0.311 e. The fraction of sp³-hybridized carbons (Fsp3) is 0.545. The van der Waals surface area contributed by atoms with Gasteiger partial charge in [-0.05, 0) is 18.9 Å². The zero-order valence-corrected chi connectivity index (χ0v) is 9.80. The molecule has 1 aromatic rings. The van der Waals surface area contributed by atoms with Crippen LogP contribution in [0, 0.1) is 10.1 Å². The van der Waals surface area contributed by atoms with E-state index in [1.165, 1.54) is 25.0 Å². The Balaban J connectivity index is 2.34. The van der Waals surface area contributed by atoms with Crippen molar-refractivity contribution in [2.45, 2.75) is 31.7 Å². The van der Waals surface area contributed by atoms with E-state index in [2.05, 4.69) is 4.98 Å². The van der Waals surface area contributed by atoms with E-state index in [-0.39, 0.29) is 5.69 Å². The Morgan fingerprint density at radius 1 is 1.47 bits per heavy atom. The van der Waals surface area contributed by atoms with Crippen LogP contribution in [0.1, 0.15) is 25.7 Å². The van der Waals surface area contributed by atoms with E-state index >= 15 is 0 Å². The van der Waals surface area contributed by atoms with Crippen LogP contribution >= 0.6 is 0 Å². The van der Waals surface area contributed by atoms with Crippen molar-refractivity contribution in [3.8, 4) is 0 Å². The zero-order valence-electron chi connectivity index (χ0n) is 9.80. The summed E-state index contributed by atoms with van der Waals surface area (Å²) in [6.07, 6.45) is 4.46. The third kappa shape index (κ3) is 2.30. The molecule has 0 aromatic carbocycles. The Morgan fingerprint density at radius 2 is 2.12 bits per heavy atom. The Bertz CT molecular complexity index is 429. The van der Waals surface area contributed by atoms with Crippen molar-refractivity contribution in [2.75, 3.05) is 17.7 Å². The molecule has 2 N–H and O–H groups in total. The maximum atomic E-state index is 11.0. The highest BCUT2D eigenvalue weighted by molar-refractivity contribution is 5.61. The van der Waals surface area contributed by atoms with Crippen LogP contribution < -0.4 is 10.6 Å². The second kappa shape index (κ2) is 4.57. The molecule has 0 bridgehead atoms. The molecule has 1 aliphatic carbocycles. The van der Waals surface area contributed by atoms with Crippen LogP contribution in [0.15, 0.2) is 12.1 Å². The molecule has 1 heterocycles. The second-order valence-corrected chi connectivity index (χ2v) is 4.39. The SMILES string of the molecule is CN(c1nc(N)ccc1[N+](=O)[O-])C1CCCC1. The first-order valence-electron chi connectivity index (χ1n) is 5.73. The predicted octanol–water partition coefficient (Wildman–Crippen LogP) is 1.95. The van der Waals surface area contributed by atoms with Gasteiger partial charge < -0.3 is 10.6 Å². The molecule has 2 rings (SSSR count). The number of anilines is 2. The fourth-order valence-corrected chi connectivity index (χ4v) is 2.32. The number of pyridine rings is 1. The van der Waals surface area contributed by atoms with Crippen LogP contribution in [0.4, 0.5) is 17.3 Å². The summed E-state index contributed by atoms with van der Waals surface area (Å²) in [7, 11) is 1.85. The first-order chi connectivity index (χ1) is 8.09. The largest absolute Gasteiger partial charge is 0.384 e. The lowest BCUT2D eigenvalue weighted by Crippen LogP contribution is -2.30. The Labute approximate surface area is 99.6 Å². The lowest BCUT2D eigenvalue weighted by Gasteiger charge is -2.25. The molecular weight excluding hydrogens is 220 g/mol. The van der Waals surface area contributed by atoms with E-state index in [0.717, 1.165) is 12.8 Å². The number of rotatable bonds is 3. The van der Waals surface area contributed by atoms with E-state index in [9.17, 15) is 10.1 Å². The Morgan fingerprint density at radius 3 is 2.71 bits per heavy atom. The van der Waals surface area contributed by atoms with Crippen molar-refractivity contribution in [1.29, 1.82) is 0 Å². The molecule has 0 amide bonds. The molecule has 6 heteroatoms. The third-order valence-electron chi connectivity index (χ3n) is 3.28. The first kappa shape index (κ1) is 11.6. The van der Waals surface area contributed by atoms with Crippen LogP contribution in [-0.4, -0.2) is 23.0 Å². The van der Waals surface area contributed by atoms with Gasteiger partial charge >= 0.3 is 5.69 Å². The van der Waals surface area contributed by atoms with Gasteiger partial charge in [0.15, 0.2) is 0 Å². The van der Waals surface area contributed by atoms with Crippen molar-refractivity contribution in [3.05, 3.63) is 22.2 Å². The highest BCUT2D eigenvalue weighted by Crippen LogP contribution is 2.32. The summed E-state index contributed by atoms with van der Waals surface area (Å²) < 4.78 is 0. The maximum absolute atomic E-state index is 11.0. The summed E-state index contributed by atoms with van der Waals surface area (Å²) in [5.74, 6) is 0.692. The average molecular weight is 236 g/mol. The van der Waals surface area contributed by atoms with E-state index in [4.69, 9.17) is 5.73 Å². The normalized spacial score (nSPS) is 16.1. The summed E-state index contributed by atoms with van der Waals surface area (Å²) in [6, 6.07) is 3.22. The second-order valence-electron chi connectivity index (χ2n) is 4.39. The molecule has 0 unspecified atom stereocenters. The highest BCUT2D eigenvalue weighted by Gasteiger charge is 2.26. The minimum Gasteiger partial charge on any atom is -0.384 e. The summed E-state index contributed by atoms with van der Waals surface area (Å²) in [4.78, 5) is 16.5. The molecule has 0 atom stereocenters. The molecule has 92 valence electrons. The predicted molar refractivity (Wildman–Crippen MR) is 66.0 cm³/mol. The van der Waals surface area contributed by atoms with Gasteiger partial charge in [0.25, 0.3) is 0 Å². The molecule has 0 spiro atoms. The lowest BCUT2D eigenvalue weighted by molar-refractivity contribution is -0.384. The van der Waals surface area contributed by atoms with Gasteiger partial charge in [0, 0.05) is 19.2 Å². The smallest absolute Gasteiger partial charge is 0.311 e. The average Bonchev–Trinajstić information content (AvgIpc) is 2.80. The van der Waals surface area contributed by atoms with Gasteiger partial charge in [0.05, 0.1) is 4.92 Å². The number of nitrogen functional groups attached to an aromatic ring is 1. The minimum absolute atomic E-state index is 0.0219. The van der Waals surface area contributed by atoms with Gasteiger partial charge in [-0.3, -0.25) is 10.1 Å². The van der Waals surface area contributed by atoms with Crippen LogP contribution in [0.25, 0.3) is 0 Å². The van der Waals surface area contributed by atoms with Crippen molar-refractivity contribution in [2.24, 2.45) is 0 Å². The summed E-state index contributed by atoms with van der Waals surface area (Å²) in [5.41, 5.74) is 5.63. The molecule has 1 aliphatic rings. The van der Waals surface area contributed by atoms with Gasteiger partial charge in [-0.15, -0.1) is 0 Å². The number of hydrogen-bond acceptors (Lipinski definition) is 5. The van der Waals surface area contributed by atoms with Crippen molar-refractivity contribution >= 4 is 17.3 Å². The number of nitro groups is 1. The molecule has 0 radical (unpaired) electrons. The van der Waals surface area contributed by atoms with Gasteiger partial charge in [0.1, 0.15) is 5.82 Å². The molecular formula is C11H16N4O2. The van der Waals surface area contributed by atoms with Crippen molar-refractivity contribution in [3.63, 3.8) is 0 Å². The number of hydrogen-bond donors (Lipinski definition) is 1. The van der Waals surface area contributed by atoms with Crippen LogP contribution in [0.5, 0.6) is 0 Å². The zero-order chi connectivity index (χ0) is 12.4. The summed E-state index contributed by atoms with van der Waals surface area (Å²) in [5, 5.41) is 11.0. The Kier molecular flexibility index (Phi) is 3.12. The van der Waals surface area contributed by atoms with Gasteiger partial charge in [-0.2, -0.15) is 0 Å². The van der Waals surface area contributed by atoms with Crippen LogP contribution in [-0.2, 0) is 0 Å². The standard InChI is InChI=1S/C11H16N4O2/c1-14(8-4-2-3-5-8)11-9(15(16)17)6-7-10(12)13-11/h6-8H,2-5H2,1H3,(H2,12,13). The van der Waals surface area contributed by atoms with Crippen molar-refractivity contribution < 1.29 is 4.92 Å². The molecule has 1 fully saturated rings. The third-order valence-corrected chi connectivity index (χ3v) is 3.28. The molecule has 1 aromatic heterocycles. The number of nitrogens with two attached hydrogens (primary N) is 1. The number of aromatic nitrogens is 1. The molecule has 6 nitrogen and oxygen atoms in total. The summed E-state index contributed by atoms with van der Waals surface area (Å²) in [6.45, 7) is 0. The van der Waals surface area contributed by atoms with E-state index in [1.54, 1.807) is 0 Å². The van der Waals surface area contributed by atoms with Gasteiger partial charge in [0.2, 0.25) is 5.82 Å². The monoisotopic (exact) mass is 236 g/mol. The quantitative estimate of drug-likeness (QED) is 0.640. The van der Waals surface area contributed by atoms with E-state index < -0.39 is 4.92 Å². The number of nitrogens with zero attached hydrogens (tertiary/aromatic N) is 3. The molecule has 0 saturated heterocycles.